The molecule has 0 saturated heterocycles. The number of nitrogens with zero attached hydrogens (tertiary/aromatic N) is 1. The third kappa shape index (κ3) is 3.96. The fourth-order valence-electron chi connectivity index (χ4n) is 2.51. The quantitative estimate of drug-likeness (QED) is 0.780. The number of nitrogens with two attached hydrogens (primary N) is 1. The van der Waals surface area contributed by atoms with Crippen molar-refractivity contribution in [2.45, 2.75) is 64.0 Å². The molecule has 3 N–H and O–H groups in total. The third-order valence-corrected chi connectivity index (χ3v) is 3.42. The minimum Gasteiger partial charge on any atom is -0.389 e. The van der Waals surface area contributed by atoms with Crippen LogP contribution < -0.4 is 5.73 Å². The van der Waals surface area contributed by atoms with E-state index < -0.39 is 11.1 Å². The minimum absolute atomic E-state index is 0.00169. The van der Waals surface area contributed by atoms with E-state index in [0.29, 0.717) is 13.1 Å². The first-order valence-electron chi connectivity index (χ1n) is 6.59. The van der Waals surface area contributed by atoms with Gasteiger partial charge in [-0.2, -0.15) is 0 Å². The molecular weight excluding hydrogens is 216 g/mol. The molecule has 0 aliphatic heterocycles. The summed E-state index contributed by atoms with van der Waals surface area (Å²) in [4.78, 5) is 14.1. The van der Waals surface area contributed by atoms with Crippen LogP contribution in [0.2, 0.25) is 0 Å². The molecule has 1 saturated carbocycles. The summed E-state index contributed by atoms with van der Waals surface area (Å²) in [6.07, 6.45) is 4.77. The SMILES string of the molecule is CCN(CC(C)(C)O)C(=O)C1(N)CCCCC1. The lowest BCUT2D eigenvalue weighted by atomic mass is 9.81. The monoisotopic (exact) mass is 242 g/mol. The minimum atomic E-state index is -0.864. The highest BCUT2D eigenvalue weighted by atomic mass is 16.3. The van der Waals surface area contributed by atoms with Crippen molar-refractivity contribution >= 4 is 5.91 Å². The van der Waals surface area contributed by atoms with Crippen molar-refractivity contribution in [3.8, 4) is 0 Å². The Morgan fingerprint density at radius 3 is 2.29 bits per heavy atom. The molecule has 0 aromatic carbocycles. The van der Waals surface area contributed by atoms with Gasteiger partial charge < -0.3 is 15.7 Å². The Morgan fingerprint density at radius 1 is 1.35 bits per heavy atom. The standard InChI is InChI=1S/C13H26N2O2/c1-4-15(10-12(2,3)17)11(16)13(14)8-6-5-7-9-13/h17H,4-10,14H2,1-3H3. The number of aliphatic hydroxyl groups is 1. The maximum atomic E-state index is 12.4. The van der Waals surface area contributed by atoms with E-state index in [1.54, 1.807) is 18.7 Å². The summed E-state index contributed by atoms with van der Waals surface area (Å²) < 4.78 is 0. The Kier molecular flexibility index (Phi) is 4.55. The molecule has 0 atom stereocenters. The van der Waals surface area contributed by atoms with Crippen LogP contribution in [0.5, 0.6) is 0 Å². The average Bonchev–Trinajstić information content (AvgIpc) is 2.25. The molecule has 1 fully saturated rings. The van der Waals surface area contributed by atoms with Crippen LogP contribution in [0.4, 0.5) is 0 Å². The van der Waals surface area contributed by atoms with Gasteiger partial charge in [-0.3, -0.25) is 4.79 Å². The number of carbonyl (C=O) groups excluding carboxylic acids is 1. The van der Waals surface area contributed by atoms with Crippen LogP contribution in [0.15, 0.2) is 0 Å². The van der Waals surface area contributed by atoms with Crippen LogP contribution in [0, 0.1) is 0 Å². The van der Waals surface area contributed by atoms with Crippen molar-refractivity contribution in [3.05, 3.63) is 0 Å². The summed E-state index contributed by atoms with van der Waals surface area (Å²) in [7, 11) is 0. The highest BCUT2D eigenvalue weighted by Crippen LogP contribution is 2.28. The van der Waals surface area contributed by atoms with Crippen LogP contribution in [-0.4, -0.2) is 40.1 Å². The number of hydrogen-bond donors (Lipinski definition) is 2. The van der Waals surface area contributed by atoms with Gasteiger partial charge in [0.1, 0.15) is 0 Å². The van der Waals surface area contributed by atoms with Crippen molar-refractivity contribution in [3.63, 3.8) is 0 Å². The second-order valence-corrected chi connectivity index (χ2v) is 5.85. The van der Waals surface area contributed by atoms with Gasteiger partial charge in [0.25, 0.3) is 0 Å². The Labute approximate surface area is 104 Å². The van der Waals surface area contributed by atoms with Gasteiger partial charge >= 0.3 is 0 Å². The molecule has 0 heterocycles. The van der Waals surface area contributed by atoms with Gasteiger partial charge in [0.2, 0.25) is 5.91 Å². The molecule has 1 aliphatic rings. The van der Waals surface area contributed by atoms with E-state index in [4.69, 9.17) is 5.73 Å². The Balaban J connectivity index is 2.71. The smallest absolute Gasteiger partial charge is 0.242 e. The first-order valence-corrected chi connectivity index (χ1v) is 6.59. The van der Waals surface area contributed by atoms with E-state index in [9.17, 15) is 9.90 Å². The van der Waals surface area contributed by atoms with Crippen molar-refractivity contribution in [1.29, 1.82) is 0 Å². The number of hydrogen-bond acceptors (Lipinski definition) is 3. The fourth-order valence-corrected chi connectivity index (χ4v) is 2.51. The van der Waals surface area contributed by atoms with Crippen LogP contribution in [-0.2, 0) is 4.79 Å². The van der Waals surface area contributed by atoms with E-state index in [0.717, 1.165) is 25.7 Å². The van der Waals surface area contributed by atoms with Crippen LogP contribution in [0.1, 0.15) is 52.9 Å². The Hall–Kier alpha value is -0.610. The zero-order valence-electron chi connectivity index (χ0n) is 11.3. The summed E-state index contributed by atoms with van der Waals surface area (Å²) >= 11 is 0. The molecule has 1 aliphatic carbocycles. The van der Waals surface area contributed by atoms with Crippen molar-refractivity contribution < 1.29 is 9.90 Å². The molecule has 0 radical (unpaired) electrons. The van der Waals surface area contributed by atoms with E-state index in [-0.39, 0.29) is 5.91 Å². The summed E-state index contributed by atoms with van der Waals surface area (Å²) in [5.41, 5.74) is 4.67. The second-order valence-electron chi connectivity index (χ2n) is 5.85. The van der Waals surface area contributed by atoms with E-state index in [2.05, 4.69) is 0 Å². The van der Waals surface area contributed by atoms with E-state index in [1.165, 1.54) is 6.42 Å². The zero-order valence-corrected chi connectivity index (χ0v) is 11.3. The predicted octanol–water partition coefficient (Wildman–Crippen LogP) is 1.27. The number of likely N-dealkylation sites (N-methyl/N-ethyl adjacent to an activating group) is 1. The zero-order chi connectivity index (χ0) is 13.1. The van der Waals surface area contributed by atoms with Crippen LogP contribution in [0.25, 0.3) is 0 Å². The summed E-state index contributed by atoms with van der Waals surface area (Å²) in [5.74, 6) is 0.00169. The highest BCUT2D eigenvalue weighted by Gasteiger charge is 2.38. The third-order valence-electron chi connectivity index (χ3n) is 3.42. The molecule has 0 unspecified atom stereocenters. The molecule has 0 spiro atoms. The van der Waals surface area contributed by atoms with Gasteiger partial charge in [-0.05, 0) is 33.6 Å². The van der Waals surface area contributed by atoms with Gasteiger partial charge in [-0.25, -0.2) is 0 Å². The molecule has 0 aromatic heterocycles. The summed E-state index contributed by atoms with van der Waals surface area (Å²) in [5, 5.41) is 9.82. The predicted molar refractivity (Wildman–Crippen MR) is 68.6 cm³/mol. The van der Waals surface area contributed by atoms with Gasteiger partial charge in [-0.15, -0.1) is 0 Å². The maximum Gasteiger partial charge on any atom is 0.242 e. The summed E-state index contributed by atoms with van der Waals surface area (Å²) in [6.45, 7) is 6.30. The van der Waals surface area contributed by atoms with Crippen LogP contribution in [0.3, 0.4) is 0 Å². The topological polar surface area (TPSA) is 66.6 Å². The van der Waals surface area contributed by atoms with Crippen LogP contribution >= 0.6 is 0 Å². The lowest BCUT2D eigenvalue weighted by Gasteiger charge is -2.38. The molecule has 4 heteroatoms. The molecule has 1 amide bonds. The normalized spacial score (nSPS) is 20.1. The highest BCUT2D eigenvalue weighted by molar-refractivity contribution is 5.86. The largest absolute Gasteiger partial charge is 0.389 e. The molecule has 100 valence electrons. The lowest BCUT2D eigenvalue weighted by Crippen LogP contribution is -2.58. The molecule has 0 aromatic rings. The van der Waals surface area contributed by atoms with Gasteiger partial charge in [0, 0.05) is 13.1 Å². The Bertz CT molecular complexity index is 265. The lowest BCUT2D eigenvalue weighted by molar-refractivity contribution is -0.141. The van der Waals surface area contributed by atoms with Gasteiger partial charge in [0.05, 0.1) is 11.1 Å². The van der Waals surface area contributed by atoms with Crippen molar-refractivity contribution in [1.82, 2.24) is 4.90 Å². The number of rotatable bonds is 4. The van der Waals surface area contributed by atoms with Crippen molar-refractivity contribution in [2.75, 3.05) is 13.1 Å². The molecule has 17 heavy (non-hydrogen) atoms. The first-order chi connectivity index (χ1) is 7.78. The maximum absolute atomic E-state index is 12.4. The number of amides is 1. The molecule has 1 rings (SSSR count). The second kappa shape index (κ2) is 5.36. The van der Waals surface area contributed by atoms with E-state index in [1.807, 2.05) is 6.92 Å². The van der Waals surface area contributed by atoms with E-state index >= 15 is 0 Å². The number of carbonyl (C=O) groups is 1. The fraction of sp³-hybridized carbons (Fsp3) is 0.923. The van der Waals surface area contributed by atoms with Gasteiger partial charge in [-0.1, -0.05) is 19.3 Å². The van der Waals surface area contributed by atoms with Gasteiger partial charge in [0.15, 0.2) is 0 Å². The average molecular weight is 242 g/mol. The molecule has 4 nitrogen and oxygen atoms in total. The Morgan fingerprint density at radius 2 is 1.88 bits per heavy atom. The van der Waals surface area contributed by atoms with Crippen molar-refractivity contribution in [2.24, 2.45) is 5.73 Å². The first kappa shape index (κ1) is 14.5. The molecular formula is C13H26N2O2. The summed E-state index contributed by atoms with van der Waals surface area (Å²) in [6, 6.07) is 0. The molecule has 0 bridgehead atoms.